The van der Waals surface area contributed by atoms with Crippen LogP contribution in [0, 0.1) is 13.8 Å². The first-order chi connectivity index (χ1) is 14.6. The predicted octanol–water partition coefficient (Wildman–Crippen LogP) is 5.61. The molecule has 3 N–H and O–H groups in total. The highest BCUT2D eigenvalue weighted by molar-refractivity contribution is 5.87. The lowest BCUT2D eigenvalue weighted by Gasteiger charge is -2.10. The molecule has 0 atom stereocenters. The third-order valence-electron chi connectivity index (χ3n) is 5.42. The summed E-state index contributed by atoms with van der Waals surface area (Å²) in [5.74, 6) is 0. The van der Waals surface area contributed by atoms with Gasteiger partial charge in [-0.15, -0.1) is 4.57 Å². The first-order valence-corrected chi connectivity index (χ1v) is 10.0. The van der Waals surface area contributed by atoms with Gasteiger partial charge >= 0.3 is 0 Å². The maximum Gasteiger partial charge on any atom is 0.239 e. The second kappa shape index (κ2) is 7.16. The number of nitrogens with zero attached hydrogens (tertiary/aromatic N) is 2. The van der Waals surface area contributed by atoms with Crippen LogP contribution in [0.4, 0.5) is 17.1 Å². The summed E-state index contributed by atoms with van der Waals surface area (Å²) < 4.78 is 2.23. The van der Waals surface area contributed by atoms with E-state index in [1.54, 1.807) is 0 Å². The lowest BCUT2D eigenvalue weighted by molar-refractivity contribution is -0.538. The topological polar surface area (TPSA) is 54.8 Å². The quantitative estimate of drug-likeness (QED) is 0.239. The Balaban J connectivity index is 1.76. The number of hydrogen-bond donors (Lipinski definition) is 2. The molecule has 0 amide bonds. The molecular formula is C26H23N4+. The van der Waals surface area contributed by atoms with Crippen LogP contribution in [-0.2, 0) is 0 Å². The van der Waals surface area contributed by atoms with E-state index in [-0.39, 0.29) is 0 Å². The molecule has 0 spiro atoms. The molecule has 30 heavy (non-hydrogen) atoms. The third kappa shape index (κ3) is 3.22. The van der Waals surface area contributed by atoms with Crippen LogP contribution in [0.15, 0.2) is 84.9 Å². The molecule has 0 aliphatic carbocycles. The number of rotatable bonds is 3. The molecule has 0 aliphatic heterocycles. The van der Waals surface area contributed by atoms with E-state index in [2.05, 4.69) is 77.5 Å². The Morgan fingerprint density at radius 2 is 1.43 bits per heavy atom. The molecule has 1 heterocycles. The van der Waals surface area contributed by atoms with E-state index in [1.807, 2.05) is 31.2 Å². The van der Waals surface area contributed by atoms with Gasteiger partial charge in [0.15, 0.2) is 0 Å². The lowest BCUT2D eigenvalue weighted by atomic mass is 10.1. The molecule has 0 radical (unpaired) electrons. The highest BCUT2D eigenvalue weighted by Crippen LogP contribution is 2.25. The van der Waals surface area contributed by atoms with Gasteiger partial charge in [0.1, 0.15) is 11.0 Å². The molecule has 4 heteroatoms. The van der Waals surface area contributed by atoms with Gasteiger partial charge in [0.05, 0.1) is 0 Å². The van der Waals surface area contributed by atoms with E-state index >= 15 is 0 Å². The SMILES string of the molecule is Cc1ccc(Nc2ccc3nc4cc(C)c(N)cc4[n+](-c4ccccc4)c3c2)cc1. The Kier molecular flexibility index (Phi) is 4.32. The van der Waals surface area contributed by atoms with Crippen molar-refractivity contribution in [1.29, 1.82) is 0 Å². The minimum Gasteiger partial charge on any atom is -0.398 e. The highest BCUT2D eigenvalue weighted by atomic mass is 15.0. The first-order valence-electron chi connectivity index (χ1n) is 10.0. The van der Waals surface area contributed by atoms with E-state index in [0.29, 0.717) is 0 Å². The zero-order chi connectivity index (χ0) is 20.7. The van der Waals surface area contributed by atoms with Crippen molar-refractivity contribution in [2.45, 2.75) is 13.8 Å². The molecule has 4 nitrogen and oxygen atoms in total. The fraction of sp³-hybridized carbons (Fsp3) is 0.0769. The molecule has 1 aromatic heterocycles. The summed E-state index contributed by atoms with van der Waals surface area (Å²) in [6.45, 7) is 4.11. The van der Waals surface area contributed by atoms with Crippen LogP contribution in [0.1, 0.15) is 11.1 Å². The molecule has 4 aromatic carbocycles. The van der Waals surface area contributed by atoms with Gasteiger partial charge in [-0.05, 0) is 49.7 Å². The minimum absolute atomic E-state index is 0.766. The van der Waals surface area contributed by atoms with Gasteiger partial charge in [0.2, 0.25) is 16.7 Å². The number of para-hydroxylation sites is 1. The largest absolute Gasteiger partial charge is 0.398 e. The first kappa shape index (κ1) is 18.1. The van der Waals surface area contributed by atoms with Crippen LogP contribution in [0.3, 0.4) is 0 Å². The van der Waals surface area contributed by atoms with Crippen LogP contribution < -0.4 is 15.6 Å². The molecule has 146 valence electrons. The Morgan fingerprint density at radius 1 is 0.733 bits per heavy atom. The number of aryl methyl sites for hydroxylation is 2. The molecular weight excluding hydrogens is 368 g/mol. The zero-order valence-corrected chi connectivity index (χ0v) is 17.1. The summed E-state index contributed by atoms with van der Waals surface area (Å²) in [5.41, 5.74) is 16.3. The fourth-order valence-corrected chi connectivity index (χ4v) is 3.76. The van der Waals surface area contributed by atoms with Crippen LogP contribution in [-0.4, -0.2) is 4.98 Å². The lowest BCUT2D eigenvalue weighted by Crippen LogP contribution is -2.33. The van der Waals surface area contributed by atoms with Crippen LogP contribution in [0.5, 0.6) is 0 Å². The van der Waals surface area contributed by atoms with Gasteiger partial charge in [-0.25, -0.2) is 4.98 Å². The number of aromatic nitrogens is 2. The Labute approximate surface area is 175 Å². The number of fused-ring (bicyclic) bond motifs is 2. The minimum atomic E-state index is 0.766. The standard InChI is InChI=1S/C26H22N4/c1-17-8-10-19(11-9-17)28-20-12-13-23-25(15-20)30(21-6-4-3-5-7-21)26-16-22(27)18(2)14-24(26)29-23/h3-16H,1-2H3,(H2,27,28)/p+1. The molecule has 0 bridgehead atoms. The Bertz CT molecular complexity index is 1370. The monoisotopic (exact) mass is 391 g/mol. The third-order valence-corrected chi connectivity index (χ3v) is 5.42. The number of nitrogen functional groups attached to an aromatic ring is 1. The van der Waals surface area contributed by atoms with E-state index in [1.165, 1.54) is 5.56 Å². The molecule has 0 saturated heterocycles. The van der Waals surface area contributed by atoms with Crippen molar-refractivity contribution in [3.63, 3.8) is 0 Å². The normalized spacial score (nSPS) is 11.1. The molecule has 0 fully saturated rings. The number of nitrogens with two attached hydrogens (primary N) is 1. The summed E-state index contributed by atoms with van der Waals surface area (Å²) >= 11 is 0. The predicted molar refractivity (Wildman–Crippen MR) is 124 cm³/mol. The second-order valence-electron chi connectivity index (χ2n) is 7.67. The van der Waals surface area contributed by atoms with Crippen molar-refractivity contribution >= 4 is 39.1 Å². The van der Waals surface area contributed by atoms with Crippen LogP contribution in [0.2, 0.25) is 0 Å². The van der Waals surface area contributed by atoms with Gasteiger partial charge < -0.3 is 11.1 Å². The average molecular weight is 391 g/mol. The molecule has 5 aromatic rings. The second-order valence-corrected chi connectivity index (χ2v) is 7.67. The maximum absolute atomic E-state index is 6.27. The summed E-state index contributed by atoms with van der Waals surface area (Å²) in [4.78, 5) is 4.92. The summed E-state index contributed by atoms with van der Waals surface area (Å²) in [6.07, 6.45) is 0. The van der Waals surface area contributed by atoms with Gasteiger partial charge in [-0.1, -0.05) is 35.9 Å². The van der Waals surface area contributed by atoms with Crippen LogP contribution >= 0.6 is 0 Å². The highest BCUT2D eigenvalue weighted by Gasteiger charge is 2.20. The van der Waals surface area contributed by atoms with Gasteiger partial charge in [-0.3, -0.25) is 0 Å². The molecule has 0 unspecified atom stereocenters. The van der Waals surface area contributed by atoms with Gasteiger partial charge in [0, 0.05) is 41.3 Å². The number of anilines is 3. The summed E-state index contributed by atoms with van der Waals surface area (Å²) in [5, 5.41) is 3.50. The van der Waals surface area contributed by atoms with Gasteiger partial charge in [0.25, 0.3) is 0 Å². The van der Waals surface area contributed by atoms with E-state index < -0.39 is 0 Å². The number of hydrogen-bond acceptors (Lipinski definition) is 3. The van der Waals surface area contributed by atoms with Crippen molar-refractivity contribution in [2.75, 3.05) is 11.1 Å². The zero-order valence-electron chi connectivity index (χ0n) is 17.1. The Hall–Kier alpha value is -3.92. The average Bonchev–Trinajstić information content (AvgIpc) is 2.76. The van der Waals surface area contributed by atoms with Crippen molar-refractivity contribution < 1.29 is 4.57 Å². The smallest absolute Gasteiger partial charge is 0.239 e. The van der Waals surface area contributed by atoms with Crippen LogP contribution in [0.25, 0.3) is 27.8 Å². The van der Waals surface area contributed by atoms with Crippen molar-refractivity contribution in [1.82, 2.24) is 4.98 Å². The van der Waals surface area contributed by atoms with Crippen molar-refractivity contribution in [3.05, 3.63) is 96.1 Å². The van der Waals surface area contributed by atoms with E-state index in [0.717, 1.165) is 50.4 Å². The molecule has 0 aliphatic rings. The van der Waals surface area contributed by atoms with Crippen molar-refractivity contribution in [3.8, 4) is 5.69 Å². The van der Waals surface area contributed by atoms with Crippen molar-refractivity contribution in [2.24, 2.45) is 0 Å². The number of benzene rings is 4. The summed E-state index contributed by atoms with van der Waals surface area (Å²) in [7, 11) is 0. The maximum atomic E-state index is 6.27. The van der Waals surface area contributed by atoms with E-state index in [9.17, 15) is 0 Å². The van der Waals surface area contributed by atoms with Gasteiger partial charge in [-0.2, -0.15) is 0 Å². The number of nitrogens with one attached hydrogen (secondary N) is 1. The fourth-order valence-electron chi connectivity index (χ4n) is 3.76. The molecule has 0 saturated carbocycles. The molecule has 5 rings (SSSR count). The summed E-state index contributed by atoms with van der Waals surface area (Å²) in [6, 6.07) is 29.1. The Morgan fingerprint density at radius 3 is 2.20 bits per heavy atom. The van der Waals surface area contributed by atoms with E-state index in [4.69, 9.17) is 10.7 Å².